The summed E-state index contributed by atoms with van der Waals surface area (Å²) in [7, 11) is 0. The molecule has 1 heteroatoms. The maximum Gasteiger partial charge on any atom is 0.0152 e. The van der Waals surface area contributed by atoms with Gasteiger partial charge in [0.2, 0.25) is 0 Å². The van der Waals surface area contributed by atoms with E-state index in [9.17, 15) is 0 Å². The van der Waals surface area contributed by atoms with Crippen LogP contribution in [0.3, 0.4) is 0 Å². The first-order chi connectivity index (χ1) is 9.75. The molecule has 2 aliphatic carbocycles. The van der Waals surface area contributed by atoms with Gasteiger partial charge in [0, 0.05) is 6.04 Å². The minimum atomic E-state index is 0.634. The largest absolute Gasteiger partial charge is 0.313 e. The molecule has 0 aromatic carbocycles. The van der Waals surface area contributed by atoms with Gasteiger partial charge in [0.05, 0.1) is 0 Å². The standard InChI is InChI=1S/C19H37N/c1-4-14-20-18(19(6-3)12-7-8-13-19)17-11-9-10-16(5-2)15-17/h16-18,20H,4-15H2,1-3H3. The Morgan fingerprint density at radius 2 is 1.80 bits per heavy atom. The molecule has 2 rings (SSSR count). The molecule has 0 aromatic rings. The lowest BCUT2D eigenvalue weighted by molar-refractivity contribution is 0.0925. The summed E-state index contributed by atoms with van der Waals surface area (Å²) in [6.45, 7) is 8.38. The fraction of sp³-hybridized carbons (Fsp3) is 1.00. The fourth-order valence-electron chi connectivity index (χ4n) is 5.15. The van der Waals surface area contributed by atoms with Crippen LogP contribution in [0.5, 0.6) is 0 Å². The summed E-state index contributed by atoms with van der Waals surface area (Å²) in [5.41, 5.74) is 0.634. The van der Waals surface area contributed by atoms with E-state index in [2.05, 4.69) is 26.1 Å². The van der Waals surface area contributed by atoms with Crippen LogP contribution in [0, 0.1) is 17.3 Å². The molecule has 2 fully saturated rings. The van der Waals surface area contributed by atoms with E-state index >= 15 is 0 Å². The van der Waals surface area contributed by atoms with Gasteiger partial charge in [-0.25, -0.2) is 0 Å². The van der Waals surface area contributed by atoms with Crippen molar-refractivity contribution >= 4 is 0 Å². The van der Waals surface area contributed by atoms with Gasteiger partial charge >= 0.3 is 0 Å². The zero-order chi connectivity index (χ0) is 14.4. The Balaban J connectivity index is 2.09. The maximum absolute atomic E-state index is 4.02. The van der Waals surface area contributed by atoms with Crippen molar-refractivity contribution in [2.45, 2.75) is 97.4 Å². The van der Waals surface area contributed by atoms with E-state index in [0.29, 0.717) is 5.41 Å². The minimum Gasteiger partial charge on any atom is -0.313 e. The van der Waals surface area contributed by atoms with E-state index in [1.54, 1.807) is 0 Å². The van der Waals surface area contributed by atoms with E-state index in [1.807, 2.05) is 0 Å². The third-order valence-electron chi connectivity index (χ3n) is 6.45. The lowest BCUT2D eigenvalue weighted by Crippen LogP contribution is -2.50. The fourth-order valence-corrected chi connectivity index (χ4v) is 5.15. The first-order valence-corrected chi connectivity index (χ1v) is 9.49. The molecule has 0 amide bonds. The monoisotopic (exact) mass is 279 g/mol. The molecule has 1 N–H and O–H groups in total. The van der Waals surface area contributed by atoms with Crippen LogP contribution in [-0.2, 0) is 0 Å². The van der Waals surface area contributed by atoms with Crippen LogP contribution < -0.4 is 5.32 Å². The zero-order valence-corrected chi connectivity index (χ0v) is 14.2. The van der Waals surface area contributed by atoms with Crippen molar-refractivity contribution in [3.63, 3.8) is 0 Å². The Morgan fingerprint density at radius 3 is 2.40 bits per heavy atom. The van der Waals surface area contributed by atoms with E-state index in [1.165, 1.54) is 77.2 Å². The Hall–Kier alpha value is -0.0400. The van der Waals surface area contributed by atoms with Crippen LogP contribution in [0.1, 0.15) is 91.4 Å². The predicted molar refractivity (Wildman–Crippen MR) is 89.0 cm³/mol. The SMILES string of the molecule is CCCNC(C1CCCC(CC)C1)C1(CC)CCCC1. The van der Waals surface area contributed by atoms with Crippen LogP contribution >= 0.6 is 0 Å². The molecule has 0 aromatic heterocycles. The number of hydrogen-bond donors (Lipinski definition) is 1. The summed E-state index contributed by atoms with van der Waals surface area (Å²) in [6, 6.07) is 0.810. The predicted octanol–water partition coefficient (Wildman–Crippen LogP) is 5.54. The summed E-state index contributed by atoms with van der Waals surface area (Å²) in [4.78, 5) is 0. The van der Waals surface area contributed by atoms with Crippen LogP contribution in [0.2, 0.25) is 0 Å². The van der Waals surface area contributed by atoms with Crippen molar-refractivity contribution in [3.05, 3.63) is 0 Å². The molecule has 0 aliphatic heterocycles. The molecule has 3 atom stereocenters. The smallest absolute Gasteiger partial charge is 0.0152 e. The normalized spacial score (nSPS) is 31.4. The molecular weight excluding hydrogens is 242 g/mol. The number of rotatable bonds is 7. The van der Waals surface area contributed by atoms with Crippen molar-refractivity contribution < 1.29 is 0 Å². The third kappa shape index (κ3) is 3.59. The molecule has 3 unspecified atom stereocenters. The van der Waals surface area contributed by atoms with Crippen molar-refractivity contribution in [2.24, 2.45) is 17.3 Å². The molecule has 0 spiro atoms. The topological polar surface area (TPSA) is 12.0 Å². The molecule has 2 saturated carbocycles. The summed E-state index contributed by atoms with van der Waals surface area (Å²) < 4.78 is 0. The molecule has 0 heterocycles. The molecular formula is C19H37N. The van der Waals surface area contributed by atoms with E-state index < -0.39 is 0 Å². The van der Waals surface area contributed by atoms with Crippen LogP contribution in [0.25, 0.3) is 0 Å². The molecule has 0 radical (unpaired) electrons. The highest BCUT2D eigenvalue weighted by Gasteiger charge is 2.43. The Kier molecular flexibility index (Phi) is 6.39. The first kappa shape index (κ1) is 16.3. The molecule has 0 bridgehead atoms. The minimum absolute atomic E-state index is 0.634. The van der Waals surface area contributed by atoms with Crippen LogP contribution in [-0.4, -0.2) is 12.6 Å². The second-order valence-corrected chi connectivity index (χ2v) is 7.56. The first-order valence-electron chi connectivity index (χ1n) is 9.49. The second-order valence-electron chi connectivity index (χ2n) is 7.56. The van der Waals surface area contributed by atoms with Gasteiger partial charge in [-0.05, 0) is 62.3 Å². The lowest BCUT2D eigenvalue weighted by Gasteiger charge is -2.45. The highest BCUT2D eigenvalue weighted by atomic mass is 14.9. The molecule has 118 valence electrons. The van der Waals surface area contributed by atoms with Gasteiger partial charge in [0.25, 0.3) is 0 Å². The Labute approximate surface area is 127 Å². The third-order valence-corrected chi connectivity index (χ3v) is 6.45. The van der Waals surface area contributed by atoms with E-state index in [4.69, 9.17) is 0 Å². The number of nitrogens with one attached hydrogen (secondary N) is 1. The summed E-state index contributed by atoms with van der Waals surface area (Å²) in [5.74, 6) is 1.97. The average molecular weight is 280 g/mol. The van der Waals surface area contributed by atoms with Gasteiger partial charge in [0.1, 0.15) is 0 Å². The van der Waals surface area contributed by atoms with Gasteiger partial charge in [-0.1, -0.05) is 52.9 Å². The quantitative estimate of drug-likeness (QED) is 0.645. The Morgan fingerprint density at radius 1 is 1.05 bits per heavy atom. The summed E-state index contributed by atoms with van der Waals surface area (Å²) in [6.07, 6.45) is 15.9. The summed E-state index contributed by atoms with van der Waals surface area (Å²) >= 11 is 0. The second kappa shape index (κ2) is 7.82. The summed E-state index contributed by atoms with van der Waals surface area (Å²) in [5, 5.41) is 4.02. The average Bonchev–Trinajstić information content (AvgIpc) is 2.98. The van der Waals surface area contributed by atoms with Crippen molar-refractivity contribution in [2.75, 3.05) is 6.54 Å². The van der Waals surface area contributed by atoms with Gasteiger partial charge < -0.3 is 5.32 Å². The lowest BCUT2D eigenvalue weighted by atomic mass is 9.65. The van der Waals surface area contributed by atoms with Crippen molar-refractivity contribution in [3.8, 4) is 0 Å². The Bertz CT molecular complexity index is 267. The van der Waals surface area contributed by atoms with Gasteiger partial charge in [-0.3, -0.25) is 0 Å². The maximum atomic E-state index is 4.02. The van der Waals surface area contributed by atoms with Crippen molar-refractivity contribution in [1.29, 1.82) is 0 Å². The van der Waals surface area contributed by atoms with Gasteiger partial charge in [-0.2, -0.15) is 0 Å². The molecule has 2 aliphatic rings. The molecule has 20 heavy (non-hydrogen) atoms. The van der Waals surface area contributed by atoms with Gasteiger partial charge in [0.15, 0.2) is 0 Å². The van der Waals surface area contributed by atoms with E-state index in [0.717, 1.165) is 17.9 Å². The highest BCUT2D eigenvalue weighted by molar-refractivity contribution is 4.98. The van der Waals surface area contributed by atoms with Crippen molar-refractivity contribution in [1.82, 2.24) is 5.32 Å². The van der Waals surface area contributed by atoms with E-state index in [-0.39, 0.29) is 0 Å². The molecule has 0 saturated heterocycles. The van der Waals surface area contributed by atoms with Crippen LogP contribution in [0.4, 0.5) is 0 Å². The zero-order valence-electron chi connectivity index (χ0n) is 14.2. The number of hydrogen-bond acceptors (Lipinski definition) is 1. The highest BCUT2D eigenvalue weighted by Crippen LogP contribution is 2.49. The van der Waals surface area contributed by atoms with Gasteiger partial charge in [-0.15, -0.1) is 0 Å². The molecule has 1 nitrogen and oxygen atoms in total. The van der Waals surface area contributed by atoms with Crippen LogP contribution in [0.15, 0.2) is 0 Å².